The van der Waals surface area contributed by atoms with E-state index in [1.165, 1.54) is 5.39 Å². The number of benzene rings is 6. The molecule has 0 unspecified atom stereocenters. The minimum atomic E-state index is 0.553. The summed E-state index contributed by atoms with van der Waals surface area (Å²) in [7, 11) is 0. The second-order valence-corrected chi connectivity index (χ2v) is 10.5. The van der Waals surface area contributed by atoms with E-state index in [1.807, 2.05) is 78.9 Å². The van der Waals surface area contributed by atoms with Gasteiger partial charge in [-0.3, -0.25) is 0 Å². The van der Waals surface area contributed by atoms with Gasteiger partial charge in [-0.25, -0.2) is 15.0 Å². The van der Waals surface area contributed by atoms with Gasteiger partial charge in [-0.05, 0) is 47.2 Å². The molecule has 5 nitrogen and oxygen atoms in total. The fourth-order valence-electron chi connectivity index (χ4n) is 5.87. The number of para-hydroxylation sites is 2. The lowest BCUT2D eigenvalue weighted by Gasteiger charge is -2.08. The molecular formula is C37H21N3O2. The Kier molecular flexibility index (Phi) is 4.83. The van der Waals surface area contributed by atoms with Crippen LogP contribution in [0.3, 0.4) is 0 Å². The summed E-state index contributed by atoms with van der Waals surface area (Å²) in [6, 6.07) is 43.0. The fraction of sp³-hybridized carbons (Fsp3) is 0. The molecule has 3 heterocycles. The number of rotatable bonds is 3. The van der Waals surface area contributed by atoms with Gasteiger partial charge in [0.2, 0.25) is 0 Å². The van der Waals surface area contributed by atoms with Crippen molar-refractivity contribution < 1.29 is 8.83 Å². The van der Waals surface area contributed by atoms with Crippen LogP contribution in [0.4, 0.5) is 0 Å². The van der Waals surface area contributed by atoms with E-state index >= 15 is 0 Å². The minimum absolute atomic E-state index is 0.553. The van der Waals surface area contributed by atoms with Crippen molar-refractivity contribution in [3.8, 4) is 34.2 Å². The van der Waals surface area contributed by atoms with Crippen LogP contribution in [-0.2, 0) is 0 Å². The molecule has 9 aromatic rings. The number of furan rings is 2. The van der Waals surface area contributed by atoms with Crippen LogP contribution in [0, 0.1) is 0 Å². The maximum atomic E-state index is 6.51. The smallest absolute Gasteiger partial charge is 0.167 e. The van der Waals surface area contributed by atoms with E-state index in [9.17, 15) is 0 Å². The molecule has 0 bridgehead atoms. The zero-order chi connectivity index (χ0) is 27.6. The van der Waals surface area contributed by atoms with E-state index in [4.69, 9.17) is 23.8 Å². The minimum Gasteiger partial charge on any atom is -0.456 e. The molecule has 0 radical (unpaired) electrons. The molecule has 0 fully saturated rings. The first kappa shape index (κ1) is 22.9. The van der Waals surface area contributed by atoms with Gasteiger partial charge in [0.05, 0.1) is 5.56 Å². The third-order valence-corrected chi connectivity index (χ3v) is 7.91. The molecule has 0 aliphatic heterocycles. The molecule has 3 aromatic heterocycles. The van der Waals surface area contributed by atoms with E-state index in [0.29, 0.717) is 17.5 Å². The van der Waals surface area contributed by atoms with Crippen molar-refractivity contribution >= 4 is 54.6 Å². The number of aromatic nitrogens is 3. The summed E-state index contributed by atoms with van der Waals surface area (Å²) in [5.74, 6) is 1.72. The summed E-state index contributed by atoms with van der Waals surface area (Å²) < 4.78 is 12.7. The Morgan fingerprint density at radius 1 is 0.381 bits per heavy atom. The van der Waals surface area contributed by atoms with E-state index in [1.54, 1.807) is 0 Å². The van der Waals surface area contributed by atoms with Crippen LogP contribution in [-0.4, -0.2) is 15.0 Å². The Morgan fingerprint density at radius 2 is 1.05 bits per heavy atom. The van der Waals surface area contributed by atoms with Gasteiger partial charge >= 0.3 is 0 Å². The predicted octanol–water partition coefficient (Wildman–Crippen LogP) is 9.82. The van der Waals surface area contributed by atoms with Crippen molar-refractivity contribution in [1.29, 1.82) is 0 Å². The van der Waals surface area contributed by atoms with Crippen molar-refractivity contribution in [1.82, 2.24) is 15.0 Å². The molecule has 0 amide bonds. The SMILES string of the molecule is c1ccc(-c2nc(-c3ccc4c(c3)oc3ccccc34)nc(-c3cccc4c3oc3cc5ccccc5cc34)n2)cc1. The maximum absolute atomic E-state index is 6.51. The summed E-state index contributed by atoms with van der Waals surface area (Å²) in [5.41, 5.74) is 5.83. The van der Waals surface area contributed by atoms with Crippen molar-refractivity contribution in [2.45, 2.75) is 0 Å². The summed E-state index contributed by atoms with van der Waals surface area (Å²) in [6.07, 6.45) is 0. The standard InChI is InChI=1S/C37H21N3O2/c1-2-9-22(10-3-1)35-38-36(25-17-18-27-26-13-6-7-16-31(26)41-32(27)21-25)40-37(39-35)29-15-8-14-28-30-19-23-11-4-5-12-24(23)20-33(30)42-34(28)29/h1-21H. The first-order chi connectivity index (χ1) is 20.8. The van der Waals surface area contributed by atoms with Crippen molar-refractivity contribution in [2.75, 3.05) is 0 Å². The van der Waals surface area contributed by atoms with Crippen LogP contribution in [0.5, 0.6) is 0 Å². The third-order valence-electron chi connectivity index (χ3n) is 7.91. The van der Waals surface area contributed by atoms with Gasteiger partial charge in [0.25, 0.3) is 0 Å². The lowest BCUT2D eigenvalue weighted by Crippen LogP contribution is -2.00. The molecule has 5 heteroatoms. The molecule has 0 spiro atoms. The average molecular weight is 540 g/mol. The van der Waals surface area contributed by atoms with Crippen molar-refractivity contribution in [3.63, 3.8) is 0 Å². The summed E-state index contributed by atoms with van der Waals surface area (Å²) in [6.45, 7) is 0. The maximum Gasteiger partial charge on any atom is 0.167 e. The highest BCUT2D eigenvalue weighted by atomic mass is 16.3. The summed E-state index contributed by atoms with van der Waals surface area (Å²) >= 11 is 0. The van der Waals surface area contributed by atoms with Gasteiger partial charge in [-0.15, -0.1) is 0 Å². The molecule has 6 aromatic carbocycles. The summed E-state index contributed by atoms with van der Waals surface area (Å²) in [5, 5.41) is 6.56. The highest BCUT2D eigenvalue weighted by Crippen LogP contribution is 2.38. The van der Waals surface area contributed by atoms with Gasteiger partial charge in [0.15, 0.2) is 17.5 Å². The van der Waals surface area contributed by atoms with Crippen molar-refractivity contribution in [3.05, 3.63) is 127 Å². The number of nitrogens with zero attached hydrogens (tertiary/aromatic N) is 3. The largest absolute Gasteiger partial charge is 0.456 e. The third kappa shape index (κ3) is 3.54. The second-order valence-electron chi connectivity index (χ2n) is 10.5. The molecule has 0 N–H and O–H groups in total. The Hall–Kier alpha value is -5.81. The molecule has 196 valence electrons. The molecule has 0 saturated carbocycles. The molecule has 0 aliphatic rings. The van der Waals surface area contributed by atoms with Crippen LogP contribution >= 0.6 is 0 Å². The molecule has 0 saturated heterocycles. The average Bonchev–Trinajstić information content (AvgIpc) is 3.61. The van der Waals surface area contributed by atoms with E-state index < -0.39 is 0 Å². The number of hydrogen-bond donors (Lipinski definition) is 0. The Morgan fingerprint density at radius 3 is 1.93 bits per heavy atom. The Labute approximate surface area is 239 Å². The topological polar surface area (TPSA) is 65.0 Å². The van der Waals surface area contributed by atoms with Crippen LogP contribution < -0.4 is 0 Å². The van der Waals surface area contributed by atoms with Crippen LogP contribution in [0.2, 0.25) is 0 Å². The lowest BCUT2D eigenvalue weighted by molar-refractivity contribution is 0.668. The Bertz CT molecular complexity index is 2470. The predicted molar refractivity (Wildman–Crippen MR) is 168 cm³/mol. The van der Waals surface area contributed by atoms with Gasteiger partial charge < -0.3 is 8.83 Å². The normalized spacial score (nSPS) is 11.8. The van der Waals surface area contributed by atoms with Crippen LogP contribution in [0.25, 0.3) is 88.8 Å². The van der Waals surface area contributed by atoms with E-state index in [-0.39, 0.29) is 0 Å². The zero-order valence-corrected chi connectivity index (χ0v) is 22.3. The zero-order valence-electron chi connectivity index (χ0n) is 22.3. The van der Waals surface area contributed by atoms with E-state index in [0.717, 1.165) is 66.0 Å². The van der Waals surface area contributed by atoms with Gasteiger partial charge in [-0.2, -0.15) is 0 Å². The van der Waals surface area contributed by atoms with Gasteiger partial charge in [-0.1, -0.05) is 91.0 Å². The lowest BCUT2D eigenvalue weighted by atomic mass is 10.0. The molecule has 0 aliphatic carbocycles. The highest BCUT2D eigenvalue weighted by molar-refractivity contribution is 6.13. The summed E-state index contributed by atoms with van der Waals surface area (Å²) in [4.78, 5) is 14.9. The monoisotopic (exact) mass is 539 g/mol. The van der Waals surface area contributed by atoms with Gasteiger partial charge in [0.1, 0.15) is 22.3 Å². The molecule has 42 heavy (non-hydrogen) atoms. The van der Waals surface area contributed by atoms with Crippen molar-refractivity contribution in [2.24, 2.45) is 0 Å². The first-order valence-corrected chi connectivity index (χ1v) is 13.9. The van der Waals surface area contributed by atoms with Crippen LogP contribution in [0.15, 0.2) is 136 Å². The number of fused-ring (bicyclic) bond motifs is 7. The Balaban J connectivity index is 1.28. The van der Waals surface area contributed by atoms with Gasteiger partial charge in [0, 0.05) is 32.7 Å². The van der Waals surface area contributed by atoms with E-state index in [2.05, 4.69) is 48.5 Å². The second kappa shape index (κ2) is 8.85. The first-order valence-electron chi connectivity index (χ1n) is 13.9. The molecular weight excluding hydrogens is 518 g/mol. The molecule has 0 atom stereocenters. The fourth-order valence-corrected chi connectivity index (χ4v) is 5.87. The molecule has 9 rings (SSSR count). The highest BCUT2D eigenvalue weighted by Gasteiger charge is 2.18. The number of hydrogen-bond acceptors (Lipinski definition) is 5. The van der Waals surface area contributed by atoms with Crippen LogP contribution in [0.1, 0.15) is 0 Å². The quantitative estimate of drug-likeness (QED) is 0.224.